The number of aromatic amines is 1. The molecule has 0 radical (unpaired) electrons. The van der Waals surface area contributed by atoms with Crippen LogP contribution >= 0.6 is 22.6 Å². The summed E-state index contributed by atoms with van der Waals surface area (Å²) >= 11 is 2.36. The van der Waals surface area contributed by atoms with Crippen LogP contribution in [0.4, 0.5) is 0 Å². The lowest BCUT2D eigenvalue weighted by atomic mass is 10.2. The van der Waals surface area contributed by atoms with E-state index in [1.54, 1.807) is 0 Å². The summed E-state index contributed by atoms with van der Waals surface area (Å²) < 4.78 is 1.32. The van der Waals surface area contributed by atoms with Gasteiger partial charge in [0, 0.05) is 20.7 Å². The number of rotatable bonds is 0. The second-order valence-corrected chi connectivity index (χ2v) is 3.85. The quantitative estimate of drug-likeness (QED) is 0.698. The predicted molar refractivity (Wildman–Crippen MR) is 55.8 cm³/mol. The Labute approximate surface area is 78.9 Å². The summed E-state index contributed by atoms with van der Waals surface area (Å²) in [5, 5.41) is 1.32. The van der Waals surface area contributed by atoms with Crippen LogP contribution in [0.15, 0.2) is 24.4 Å². The summed E-state index contributed by atoms with van der Waals surface area (Å²) in [6.45, 7) is 2.11. The Morgan fingerprint density at radius 2 is 2.18 bits per heavy atom. The van der Waals surface area contributed by atoms with Gasteiger partial charge in [0.2, 0.25) is 0 Å². The molecule has 1 aromatic carbocycles. The molecule has 2 heteroatoms. The molecule has 0 saturated heterocycles. The fraction of sp³-hybridized carbons (Fsp3) is 0.111. The van der Waals surface area contributed by atoms with Crippen molar-refractivity contribution in [3.05, 3.63) is 33.5 Å². The van der Waals surface area contributed by atoms with Crippen molar-refractivity contribution in [2.45, 2.75) is 6.92 Å². The molecule has 0 saturated carbocycles. The third kappa shape index (κ3) is 1.15. The van der Waals surface area contributed by atoms with E-state index < -0.39 is 0 Å². The smallest absolute Gasteiger partial charge is 0.0467 e. The Bertz CT molecular complexity index is 389. The monoisotopic (exact) mass is 257 g/mol. The van der Waals surface area contributed by atoms with Gasteiger partial charge in [-0.3, -0.25) is 0 Å². The molecule has 0 unspecified atom stereocenters. The topological polar surface area (TPSA) is 15.8 Å². The first-order valence-electron chi connectivity index (χ1n) is 3.50. The van der Waals surface area contributed by atoms with Crippen molar-refractivity contribution in [2.24, 2.45) is 0 Å². The lowest BCUT2D eigenvalue weighted by Gasteiger charge is -1.96. The fourth-order valence-corrected chi connectivity index (χ4v) is 2.22. The van der Waals surface area contributed by atoms with Crippen LogP contribution in [0.5, 0.6) is 0 Å². The Morgan fingerprint density at radius 1 is 1.36 bits per heavy atom. The van der Waals surface area contributed by atoms with E-state index in [1.807, 2.05) is 6.20 Å². The van der Waals surface area contributed by atoms with E-state index in [4.69, 9.17) is 0 Å². The van der Waals surface area contributed by atoms with Crippen LogP contribution in [0.1, 0.15) is 5.56 Å². The van der Waals surface area contributed by atoms with Crippen molar-refractivity contribution < 1.29 is 0 Å². The van der Waals surface area contributed by atoms with E-state index >= 15 is 0 Å². The maximum absolute atomic E-state index is 3.20. The molecule has 0 spiro atoms. The lowest BCUT2D eigenvalue weighted by Crippen LogP contribution is -1.77. The van der Waals surface area contributed by atoms with Crippen molar-refractivity contribution in [2.75, 3.05) is 0 Å². The van der Waals surface area contributed by atoms with Gasteiger partial charge in [0.15, 0.2) is 0 Å². The van der Waals surface area contributed by atoms with E-state index in [0.29, 0.717) is 0 Å². The number of halogens is 1. The number of nitrogens with one attached hydrogen (secondary N) is 1. The zero-order valence-corrected chi connectivity index (χ0v) is 8.34. The number of hydrogen-bond acceptors (Lipinski definition) is 0. The normalized spacial score (nSPS) is 10.7. The molecule has 0 aliphatic heterocycles. The Morgan fingerprint density at radius 3 is 3.00 bits per heavy atom. The maximum atomic E-state index is 3.20. The van der Waals surface area contributed by atoms with Crippen molar-refractivity contribution in [1.82, 2.24) is 4.98 Å². The van der Waals surface area contributed by atoms with Crippen LogP contribution in [0.3, 0.4) is 0 Å². The van der Waals surface area contributed by atoms with Gasteiger partial charge >= 0.3 is 0 Å². The van der Waals surface area contributed by atoms with Crippen LogP contribution < -0.4 is 0 Å². The minimum absolute atomic E-state index is 1.23. The SMILES string of the molecule is Cc1cc(I)c2cc[nH]c2c1. The Balaban J connectivity index is 2.91. The summed E-state index contributed by atoms with van der Waals surface area (Å²) in [5.41, 5.74) is 2.54. The molecule has 0 bridgehead atoms. The summed E-state index contributed by atoms with van der Waals surface area (Å²) in [6.07, 6.45) is 1.98. The fourth-order valence-electron chi connectivity index (χ4n) is 1.26. The zero-order valence-electron chi connectivity index (χ0n) is 6.19. The maximum Gasteiger partial charge on any atom is 0.0467 e. The molecule has 0 fully saturated rings. The molecule has 2 rings (SSSR count). The number of hydrogen-bond donors (Lipinski definition) is 1. The van der Waals surface area contributed by atoms with Gasteiger partial charge in [-0.2, -0.15) is 0 Å². The van der Waals surface area contributed by atoms with Gasteiger partial charge in [0.25, 0.3) is 0 Å². The van der Waals surface area contributed by atoms with Crippen LogP contribution in [-0.4, -0.2) is 4.98 Å². The molecule has 0 atom stereocenters. The minimum atomic E-state index is 1.23. The summed E-state index contributed by atoms with van der Waals surface area (Å²) in [6, 6.07) is 6.46. The van der Waals surface area contributed by atoms with Crippen LogP contribution in [0, 0.1) is 10.5 Å². The van der Waals surface area contributed by atoms with Crippen molar-refractivity contribution in [3.63, 3.8) is 0 Å². The zero-order chi connectivity index (χ0) is 7.84. The van der Waals surface area contributed by atoms with Gasteiger partial charge < -0.3 is 4.98 Å². The highest BCUT2D eigenvalue weighted by Gasteiger charge is 1.98. The minimum Gasteiger partial charge on any atom is -0.361 e. The predicted octanol–water partition coefficient (Wildman–Crippen LogP) is 3.08. The Hall–Kier alpha value is -0.510. The Kier molecular flexibility index (Phi) is 1.64. The highest BCUT2D eigenvalue weighted by atomic mass is 127. The molecule has 0 amide bonds. The first-order chi connectivity index (χ1) is 5.27. The molecule has 1 heterocycles. The van der Waals surface area contributed by atoms with Crippen molar-refractivity contribution >= 4 is 33.5 Å². The van der Waals surface area contributed by atoms with Gasteiger partial charge in [0.05, 0.1) is 0 Å². The second kappa shape index (κ2) is 2.52. The number of H-pyrrole nitrogens is 1. The van der Waals surface area contributed by atoms with Crippen LogP contribution in [-0.2, 0) is 0 Å². The molecule has 0 aliphatic carbocycles. The van der Waals surface area contributed by atoms with Gasteiger partial charge in [-0.1, -0.05) is 0 Å². The number of benzene rings is 1. The molecule has 1 nitrogen and oxygen atoms in total. The average Bonchev–Trinajstić information content (AvgIpc) is 2.34. The van der Waals surface area contributed by atoms with Crippen LogP contribution in [0.2, 0.25) is 0 Å². The van der Waals surface area contributed by atoms with E-state index in [-0.39, 0.29) is 0 Å². The van der Waals surface area contributed by atoms with Crippen molar-refractivity contribution in [1.29, 1.82) is 0 Å². The van der Waals surface area contributed by atoms with Gasteiger partial charge in [-0.15, -0.1) is 0 Å². The molecular formula is C9H8IN. The van der Waals surface area contributed by atoms with E-state index in [1.165, 1.54) is 20.0 Å². The highest BCUT2D eigenvalue weighted by molar-refractivity contribution is 14.1. The third-order valence-corrected chi connectivity index (χ3v) is 2.66. The molecule has 2 aromatic rings. The first kappa shape index (κ1) is 7.16. The number of fused-ring (bicyclic) bond motifs is 1. The second-order valence-electron chi connectivity index (χ2n) is 2.69. The molecule has 1 N–H and O–H groups in total. The summed E-state index contributed by atoms with van der Waals surface area (Å²) in [7, 11) is 0. The number of aryl methyl sites for hydroxylation is 1. The van der Waals surface area contributed by atoms with E-state index in [9.17, 15) is 0 Å². The lowest BCUT2D eigenvalue weighted by molar-refractivity contribution is 1.43. The largest absolute Gasteiger partial charge is 0.361 e. The van der Waals surface area contributed by atoms with Gasteiger partial charge in [-0.05, 0) is 53.3 Å². The highest BCUT2D eigenvalue weighted by Crippen LogP contribution is 2.20. The standard InChI is InChI=1S/C9H8IN/c1-6-4-8(10)7-2-3-11-9(7)5-6/h2-5,11H,1H3. The molecule has 11 heavy (non-hydrogen) atoms. The third-order valence-electron chi connectivity index (χ3n) is 1.76. The molecular weight excluding hydrogens is 249 g/mol. The van der Waals surface area contributed by atoms with E-state index in [0.717, 1.165) is 0 Å². The van der Waals surface area contributed by atoms with Gasteiger partial charge in [0.1, 0.15) is 0 Å². The molecule has 0 aliphatic rings. The first-order valence-corrected chi connectivity index (χ1v) is 4.58. The number of aromatic nitrogens is 1. The summed E-state index contributed by atoms with van der Waals surface area (Å²) in [4.78, 5) is 3.20. The van der Waals surface area contributed by atoms with E-state index in [2.05, 4.69) is 52.7 Å². The molecule has 1 aromatic heterocycles. The van der Waals surface area contributed by atoms with Gasteiger partial charge in [-0.25, -0.2) is 0 Å². The summed E-state index contributed by atoms with van der Waals surface area (Å²) in [5.74, 6) is 0. The van der Waals surface area contributed by atoms with Crippen molar-refractivity contribution in [3.8, 4) is 0 Å². The van der Waals surface area contributed by atoms with Crippen LogP contribution in [0.25, 0.3) is 10.9 Å². The molecule has 56 valence electrons. The average molecular weight is 257 g/mol.